The molecule has 3 aromatic rings. The van der Waals surface area contributed by atoms with Crippen molar-refractivity contribution >= 4 is 17.5 Å². The molecule has 0 spiro atoms. The van der Waals surface area contributed by atoms with Gasteiger partial charge in [-0.1, -0.05) is 18.2 Å². The summed E-state index contributed by atoms with van der Waals surface area (Å²) in [5, 5.41) is 7.63. The van der Waals surface area contributed by atoms with E-state index in [0.717, 1.165) is 30.8 Å². The Kier molecular flexibility index (Phi) is 4.32. The Morgan fingerprint density at radius 2 is 2.00 bits per heavy atom. The van der Waals surface area contributed by atoms with Crippen LogP contribution < -0.4 is 15.0 Å². The molecule has 2 aliphatic heterocycles. The number of hydrogen-bond acceptors (Lipinski definition) is 6. The van der Waals surface area contributed by atoms with E-state index in [1.54, 1.807) is 22.8 Å². The van der Waals surface area contributed by atoms with Crippen molar-refractivity contribution in [3.63, 3.8) is 0 Å². The van der Waals surface area contributed by atoms with Gasteiger partial charge in [0.05, 0.1) is 25.9 Å². The first-order valence-corrected chi connectivity index (χ1v) is 9.50. The first-order chi connectivity index (χ1) is 13.8. The summed E-state index contributed by atoms with van der Waals surface area (Å²) in [6.45, 7) is 3.49. The van der Waals surface area contributed by atoms with Crippen molar-refractivity contribution in [2.24, 2.45) is 0 Å². The van der Waals surface area contributed by atoms with Crippen LogP contribution in [0.1, 0.15) is 28.4 Å². The standard InChI is InChI=1S/C20H21N5O3/c26-19(21-16-6-10-28-17-4-2-1-3-15(16)17)14-5-7-25-18(13-14)22-20(23-25)24-8-11-27-12-9-24/h1-5,7,13,16H,6,8-12H2,(H,21,26)/t16-/m0/s1. The lowest BCUT2D eigenvalue weighted by Gasteiger charge is -2.26. The van der Waals surface area contributed by atoms with E-state index in [0.29, 0.717) is 37.0 Å². The predicted octanol–water partition coefficient (Wildman–Crippen LogP) is 1.82. The molecule has 1 N–H and O–H groups in total. The van der Waals surface area contributed by atoms with Gasteiger partial charge in [-0.2, -0.15) is 4.98 Å². The van der Waals surface area contributed by atoms with Crippen molar-refractivity contribution in [2.75, 3.05) is 37.8 Å². The van der Waals surface area contributed by atoms with E-state index >= 15 is 0 Å². The summed E-state index contributed by atoms with van der Waals surface area (Å²) in [5.41, 5.74) is 2.24. The number of para-hydroxylation sites is 1. The Morgan fingerprint density at radius 3 is 2.89 bits per heavy atom. The maximum Gasteiger partial charge on any atom is 0.251 e. The van der Waals surface area contributed by atoms with Crippen LogP contribution in [-0.2, 0) is 4.74 Å². The number of morpholine rings is 1. The zero-order valence-corrected chi connectivity index (χ0v) is 15.4. The van der Waals surface area contributed by atoms with E-state index in [-0.39, 0.29) is 11.9 Å². The number of nitrogens with zero attached hydrogens (tertiary/aromatic N) is 4. The van der Waals surface area contributed by atoms with Crippen LogP contribution in [0.2, 0.25) is 0 Å². The van der Waals surface area contributed by atoms with Crippen molar-refractivity contribution in [1.82, 2.24) is 19.9 Å². The first kappa shape index (κ1) is 17.0. The maximum atomic E-state index is 12.8. The van der Waals surface area contributed by atoms with Crippen LogP contribution in [0.4, 0.5) is 5.95 Å². The molecule has 2 aliphatic rings. The third-order valence-corrected chi connectivity index (χ3v) is 5.15. The fourth-order valence-corrected chi connectivity index (χ4v) is 3.64. The molecule has 0 bridgehead atoms. The maximum absolute atomic E-state index is 12.8. The molecule has 0 saturated carbocycles. The van der Waals surface area contributed by atoms with E-state index in [2.05, 4.69) is 20.3 Å². The molecule has 1 amide bonds. The van der Waals surface area contributed by atoms with Crippen LogP contribution in [0.15, 0.2) is 42.6 Å². The number of carbonyl (C=O) groups excluding carboxylic acids is 1. The molecule has 8 heteroatoms. The third-order valence-electron chi connectivity index (χ3n) is 5.15. The van der Waals surface area contributed by atoms with E-state index in [9.17, 15) is 4.79 Å². The molecule has 0 aliphatic carbocycles. The minimum absolute atomic E-state index is 0.0598. The van der Waals surface area contributed by atoms with E-state index in [1.807, 2.05) is 24.3 Å². The van der Waals surface area contributed by atoms with Crippen molar-refractivity contribution in [3.05, 3.63) is 53.7 Å². The summed E-state index contributed by atoms with van der Waals surface area (Å²) < 4.78 is 12.7. The molecule has 5 rings (SSSR count). The van der Waals surface area contributed by atoms with E-state index in [4.69, 9.17) is 9.47 Å². The van der Waals surface area contributed by atoms with Crippen LogP contribution in [-0.4, -0.2) is 53.4 Å². The molecule has 144 valence electrons. The topological polar surface area (TPSA) is 81.0 Å². The smallest absolute Gasteiger partial charge is 0.251 e. The van der Waals surface area contributed by atoms with Crippen LogP contribution >= 0.6 is 0 Å². The summed E-state index contributed by atoms with van der Waals surface area (Å²) in [6.07, 6.45) is 2.52. The van der Waals surface area contributed by atoms with Gasteiger partial charge < -0.3 is 19.7 Å². The lowest BCUT2D eigenvalue weighted by Crippen LogP contribution is -2.36. The molecule has 1 fully saturated rings. The molecular weight excluding hydrogens is 358 g/mol. The Balaban J connectivity index is 1.36. The Hall–Kier alpha value is -3.13. The van der Waals surface area contributed by atoms with Gasteiger partial charge in [0.1, 0.15) is 5.75 Å². The number of aromatic nitrogens is 3. The van der Waals surface area contributed by atoms with Gasteiger partial charge in [-0.25, -0.2) is 4.52 Å². The molecule has 1 aromatic carbocycles. The van der Waals surface area contributed by atoms with Crippen molar-refractivity contribution in [2.45, 2.75) is 12.5 Å². The molecular formula is C20H21N5O3. The third kappa shape index (κ3) is 3.16. The number of nitrogens with one attached hydrogen (secondary N) is 1. The molecule has 0 unspecified atom stereocenters. The second kappa shape index (κ2) is 7.12. The second-order valence-corrected chi connectivity index (χ2v) is 6.93. The molecule has 28 heavy (non-hydrogen) atoms. The number of rotatable bonds is 3. The fraction of sp³-hybridized carbons (Fsp3) is 0.350. The molecule has 4 heterocycles. The first-order valence-electron chi connectivity index (χ1n) is 9.50. The number of carbonyl (C=O) groups is 1. The number of hydrogen-bond donors (Lipinski definition) is 1. The minimum atomic E-state index is -0.125. The average molecular weight is 379 g/mol. The highest BCUT2D eigenvalue weighted by Gasteiger charge is 2.23. The number of fused-ring (bicyclic) bond motifs is 2. The van der Waals surface area contributed by atoms with Crippen LogP contribution in [0.25, 0.3) is 5.65 Å². The normalized spacial score (nSPS) is 19.1. The van der Waals surface area contributed by atoms with Crippen LogP contribution in [0.3, 0.4) is 0 Å². The second-order valence-electron chi connectivity index (χ2n) is 6.93. The Morgan fingerprint density at radius 1 is 1.14 bits per heavy atom. The summed E-state index contributed by atoms with van der Waals surface area (Å²) in [4.78, 5) is 19.5. The quantitative estimate of drug-likeness (QED) is 0.748. The van der Waals surface area contributed by atoms with Crippen LogP contribution in [0.5, 0.6) is 5.75 Å². The van der Waals surface area contributed by atoms with Gasteiger partial charge in [0.2, 0.25) is 5.95 Å². The highest BCUT2D eigenvalue weighted by atomic mass is 16.5. The molecule has 8 nitrogen and oxygen atoms in total. The number of ether oxygens (including phenoxy) is 2. The fourth-order valence-electron chi connectivity index (χ4n) is 3.64. The van der Waals surface area contributed by atoms with Crippen molar-refractivity contribution in [1.29, 1.82) is 0 Å². The van der Waals surface area contributed by atoms with Gasteiger partial charge in [-0.05, 0) is 18.2 Å². The molecule has 0 radical (unpaired) electrons. The Labute approximate surface area is 162 Å². The van der Waals surface area contributed by atoms with Gasteiger partial charge >= 0.3 is 0 Å². The van der Waals surface area contributed by atoms with Gasteiger partial charge in [0.25, 0.3) is 5.91 Å². The summed E-state index contributed by atoms with van der Waals surface area (Å²) >= 11 is 0. The molecule has 1 atom stereocenters. The molecule has 1 saturated heterocycles. The number of benzene rings is 1. The lowest BCUT2D eigenvalue weighted by molar-refractivity contribution is 0.0924. The average Bonchev–Trinajstić information content (AvgIpc) is 3.18. The number of pyridine rings is 1. The van der Waals surface area contributed by atoms with Gasteiger partial charge in [-0.15, -0.1) is 5.10 Å². The minimum Gasteiger partial charge on any atom is -0.493 e. The SMILES string of the molecule is O=C(N[C@H]1CCOc2ccccc21)c1ccn2nc(N3CCOCC3)nc2c1. The van der Waals surface area contributed by atoms with Crippen molar-refractivity contribution < 1.29 is 14.3 Å². The van der Waals surface area contributed by atoms with E-state index in [1.165, 1.54) is 0 Å². The summed E-state index contributed by atoms with van der Waals surface area (Å²) in [5.74, 6) is 1.38. The highest BCUT2D eigenvalue weighted by Crippen LogP contribution is 2.31. The number of anilines is 1. The summed E-state index contributed by atoms with van der Waals surface area (Å²) in [7, 11) is 0. The zero-order valence-electron chi connectivity index (χ0n) is 15.4. The van der Waals surface area contributed by atoms with Crippen molar-refractivity contribution in [3.8, 4) is 5.75 Å². The predicted molar refractivity (Wildman–Crippen MR) is 103 cm³/mol. The van der Waals surface area contributed by atoms with Gasteiger partial charge in [-0.3, -0.25) is 4.79 Å². The Bertz CT molecular complexity index is 1010. The number of amides is 1. The largest absolute Gasteiger partial charge is 0.493 e. The zero-order chi connectivity index (χ0) is 18.9. The van der Waals surface area contributed by atoms with Gasteiger partial charge in [0.15, 0.2) is 5.65 Å². The molecule has 2 aromatic heterocycles. The lowest BCUT2D eigenvalue weighted by atomic mass is 10.0. The summed E-state index contributed by atoms with van der Waals surface area (Å²) in [6, 6.07) is 11.3. The highest BCUT2D eigenvalue weighted by molar-refractivity contribution is 5.95. The van der Waals surface area contributed by atoms with Gasteiger partial charge in [0, 0.05) is 36.8 Å². The monoisotopic (exact) mass is 379 g/mol. The van der Waals surface area contributed by atoms with E-state index < -0.39 is 0 Å². The van der Waals surface area contributed by atoms with Crippen LogP contribution in [0, 0.1) is 0 Å².